The van der Waals surface area contributed by atoms with Crippen LogP contribution in [-0.2, 0) is 0 Å². The van der Waals surface area contributed by atoms with Gasteiger partial charge in [0, 0.05) is 0 Å². The number of para-hydroxylation sites is 1. The summed E-state index contributed by atoms with van der Waals surface area (Å²) in [5.41, 5.74) is -2.17. The number of nitrogens with zero attached hydrogens (tertiary/aromatic N) is 6. The monoisotopic (exact) mass is 402 g/mol. The summed E-state index contributed by atoms with van der Waals surface area (Å²) in [7, 11) is 0. The van der Waals surface area contributed by atoms with Crippen molar-refractivity contribution in [1.29, 1.82) is 0 Å². The van der Waals surface area contributed by atoms with Gasteiger partial charge in [-0.1, -0.05) is 17.3 Å². The number of ether oxygens (including phenoxy) is 1. The van der Waals surface area contributed by atoms with E-state index in [4.69, 9.17) is 4.74 Å². The largest absolute Gasteiger partial charge is 0.469 e. The molecule has 0 aliphatic carbocycles. The van der Waals surface area contributed by atoms with Crippen molar-refractivity contribution in [3.8, 4) is 5.75 Å². The summed E-state index contributed by atoms with van der Waals surface area (Å²) < 4.78 is 6.12. The Morgan fingerprint density at radius 2 is 1.62 bits per heavy atom. The number of carbonyl (C=O) groups excluding carboxylic acids is 1. The van der Waals surface area contributed by atoms with Gasteiger partial charge in [0.15, 0.2) is 6.10 Å². The van der Waals surface area contributed by atoms with Crippen molar-refractivity contribution < 1.29 is 24.3 Å². The minimum absolute atomic E-state index is 0.334. The number of non-ortho nitro benzene ring substituents is 1. The van der Waals surface area contributed by atoms with Gasteiger partial charge in [-0.3, -0.25) is 35.1 Å². The van der Waals surface area contributed by atoms with Crippen LogP contribution in [0.15, 0.2) is 36.4 Å². The van der Waals surface area contributed by atoms with Gasteiger partial charge in [-0.15, -0.1) is 5.10 Å². The van der Waals surface area contributed by atoms with Crippen molar-refractivity contribution >= 4 is 34.0 Å². The van der Waals surface area contributed by atoms with Gasteiger partial charge in [-0.05, 0) is 19.1 Å². The first kappa shape index (κ1) is 19.3. The Hall–Kier alpha value is -4.49. The molecule has 1 unspecified atom stereocenters. The maximum atomic E-state index is 12.6. The molecule has 1 heterocycles. The number of hydrogen-bond acceptors (Lipinski definition) is 10. The predicted octanol–water partition coefficient (Wildman–Crippen LogP) is 2.26. The van der Waals surface area contributed by atoms with Gasteiger partial charge in [0.25, 0.3) is 17.3 Å². The van der Waals surface area contributed by atoms with Crippen LogP contribution < -0.4 is 4.74 Å². The van der Waals surface area contributed by atoms with Crippen molar-refractivity contribution in [2.45, 2.75) is 13.0 Å². The van der Waals surface area contributed by atoms with Gasteiger partial charge in [-0.2, -0.15) is 4.68 Å². The molecule has 2 aromatic carbocycles. The summed E-state index contributed by atoms with van der Waals surface area (Å²) in [6, 6.07) is 7.50. The normalized spacial score (nSPS) is 11.8. The van der Waals surface area contributed by atoms with E-state index in [0.717, 1.165) is 4.68 Å². The maximum absolute atomic E-state index is 12.6. The lowest BCUT2D eigenvalue weighted by Crippen LogP contribution is -2.30. The summed E-state index contributed by atoms with van der Waals surface area (Å²) in [5.74, 6) is -1.68. The molecule has 0 bridgehead atoms. The van der Waals surface area contributed by atoms with E-state index in [9.17, 15) is 35.1 Å². The van der Waals surface area contributed by atoms with Gasteiger partial charge in [0.2, 0.25) is 0 Å². The van der Waals surface area contributed by atoms with E-state index in [1.54, 1.807) is 24.3 Å². The van der Waals surface area contributed by atoms with Crippen molar-refractivity contribution in [3.05, 3.63) is 66.7 Å². The molecule has 0 saturated heterocycles. The fourth-order valence-corrected chi connectivity index (χ4v) is 2.51. The van der Waals surface area contributed by atoms with E-state index in [2.05, 4.69) is 10.3 Å². The quantitative estimate of drug-likeness (QED) is 0.437. The highest BCUT2D eigenvalue weighted by molar-refractivity contribution is 5.91. The second kappa shape index (κ2) is 7.26. The number of benzene rings is 2. The molecule has 29 heavy (non-hydrogen) atoms. The first-order valence-corrected chi connectivity index (χ1v) is 7.83. The summed E-state index contributed by atoms with van der Waals surface area (Å²) in [5, 5.41) is 41.0. The first-order valence-electron chi connectivity index (χ1n) is 7.83. The third-order valence-corrected chi connectivity index (χ3v) is 3.84. The molecule has 0 spiro atoms. The molecule has 14 nitrogen and oxygen atoms in total. The first-order chi connectivity index (χ1) is 13.7. The van der Waals surface area contributed by atoms with E-state index in [1.807, 2.05) is 0 Å². The van der Waals surface area contributed by atoms with Gasteiger partial charge < -0.3 is 4.74 Å². The molecular weight excluding hydrogens is 392 g/mol. The second-order valence-electron chi connectivity index (χ2n) is 5.67. The van der Waals surface area contributed by atoms with E-state index in [1.165, 1.54) is 6.92 Å². The standard InChI is InChI=1S/C15H10N6O8/c1-8(15(22)18-11-5-3-2-4-10(11)16-17-18)29-14-12(20(25)26)6-9(19(23)24)7-13(14)21(27)28/h2-8H,1H3. The van der Waals surface area contributed by atoms with Crippen LogP contribution in [0.5, 0.6) is 5.75 Å². The van der Waals surface area contributed by atoms with Crippen LogP contribution in [0.1, 0.15) is 11.7 Å². The molecule has 0 saturated carbocycles. The maximum Gasteiger partial charge on any atom is 0.325 e. The van der Waals surface area contributed by atoms with Crippen LogP contribution >= 0.6 is 0 Å². The number of aromatic nitrogens is 3. The predicted molar refractivity (Wildman–Crippen MR) is 94.6 cm³/mol. The van der Waals surface area contributed by atoms with Crippen molar-refractivity contribution in [3.63, 3.8) is 0 Å². The van der Waals surface area contributed by atoms with Crippen LogP contribution in [-0.4, -0.2) is 41.8 Å². The molecule has 0 aliphatic heterocycles. The lowest BCUT2D eigenvalue weighted by Gasteiger charge is -2.13. The zero-order chi connectivity index (χ0) is 21.3. The Bertz CT molecular complexity index is 1140. The Morgan fingerprint density at radius 3 is 2.17 bits per heavy atom. The zero-order valence-electron chi connectivity index (χ0n) is 14.5. The third-order valence-electron chi connectivity index (χ3n) is 3.84. The van der Waals surface area contributed by atoms with Gasteiger partial charge >= 0.3 is 11.4 Å². The topological polar surface area (TPSA) is 186 Å². The Labute approximate surface area is 159 Å². The molecule has 3 rings (SSSR count). The summed E-state index contributed by atoms with van der Waals surface area (Å²) >= 11 is 0. The molecule has 0 N–H and O–H groups in total. The Balaban J connectivity index is 2.04. The number of fused-ring (bicyclic) bond motifs is 1. The molecule has 14 heteroatoms. The highest BCUT2D eigenvalue weighted by Gasteiger charge is 2.35. The van der Waals surface area contributed by atoms with Crippen LogP contribution in [0, 0.1) is 30.3 Å². The molecule has 0 amide bonds. The lowest BCUT2D eigenvalue weighted by atomic mass is 10.2. The fourth-order valence-electron chi connectivity index (χ4n) is 2.51. The van der Waals surface area contributed by atoms with Gasteiger partial charge in [0.05, 0.1) is 32.4 Å². The Morgan fingerprint density at radius 1 is 1.03 bits per heavy atom. The van der Waals surface area contributed by atoms with Crippen LogP contribution in [0.4, 0.5) is 17.1 Å². The summed E-state index contributed by atoms with van der Waals surface area (Å²) in [6.07, 6.45) is -1.46. The molecule has 1 aromatic heterocycles. The van der Waals surface area contributed by atoms with Crippen LogP contribution in [0.2, 0.25) is 0 Å². The van der Waals surface area contributed by atoms with E-state index in [0.29, 0.717) is 23.2 Å². The van der Waals surface area contributed by atoms with Gasteiger partial charge in [-0.25, -0.2) is 0 Å². The van der Waals surface area contributed by atoms with Crippen molar-refractivity contribution in [1.82, 2.24) is 15.0 Å². The highest BCUT2D eigenvalue weighted by atomic mass is 16.6. The van der Waals surface area contributed by atoms with E-state index in [-0.39, 0.29) is 0 Å². The minimum Gasteiger partial charge on any atom is -0.469 e. The summed E-state index contributed by atoms with van der Waals surface area (Å²) in [4.78, 5) is 43.0. The number of nitro benzene ring substituents is 3. The summed E-state index contributed by atoms with van der Waals surface area (Å²) in [6.45, 7) is 1.20. The van der Waals surface area contributed by atoms with E-state index < -0.39 is 49.6 Å². The molecular formula is C15H10N6O8. The fraction of sp³-hybridized carbons (Fsp3) is 0.133. The van der Waals surface area contributed by atoms with E-state index >= 15 is 0 Å². The molecule has 148 valence electrons. The van der Waals surface area contributed by atoms with Crippen LogP contribution in [0.3, 0.4) is 0 Å². The molecule has 1 atom stereocenters. The smallest absolute Gasteiger partial charge is 0.325 e. The highest BCUT2D eigenvalue weighted by Crippen LogP contribution is 2.41. The molecule has 0 aliphatic rings. The number of carbonyl (C=O) groups is 1. The van der Waals surface area contributed by atoms with Crippen LogP contribution in [0.25, 0.3) is 11.0 Å². The zero-order valence-corrected chi connectivity index (χ0v) is 14.5. The average Bonchev–Trinajstić information content (AvgIpc) is 3.10. The minimum atomic E-state index is -1.46. The SMILES string of the molecule is CC(Oc1c([N+](=O)[O-])cc([N+](=O)[O-])cc1[N+](=O)[O-])C(=O)n1nnc2ccccc21. The Kier molecular flexibility index (Phi) is 4.83. The van der Waals surface area contributed by atoms with Gasteiger partial charge in [0.1, 0.15) is 5.52 Å². The lowest BCUT2D eigenvalue weighted by molar-refractivity contribution is -0.404. The molecule has 0 fully saturated rings. The average molecular weight is 402 g/mol. The van der Waals surface area contributed by atoms with Crippen molar-refractivity contribution in [2.24, 2.45) is 0 Å². The number of nitro groups is 3. The number of hydrogen-bond donors (Lipinski definition) is 0. The molecule has 0 radical (unpaired) electrons. The third kappa shape index (κ3) is 3.53. The number of rotatable bonds is 6. The van der Waals surface area contributed by atoms with Crippen molar-refractivity contribution in [2.75, 3.05) is 0 Å². The second-order valence-corrected chi connectivity index (χ2v) is 5.67. The molecule has 3 aromatic rings.